The van der Waals surface area contributed by atoms with Crippen molar-refractivity contribution < 1.29 is 4.79 Å². The fourth-order valence-corrected chi connectivity index (χ4v) is 2.31. The van der Waals surface area contributed by atoms with Crippen molar-refractivity contribution in [3.63, 3.8) is 0 Å². The minimum absolute atomic E-state index is 0.0285. The van der Waals surface area contributed by atoms with Gasteiger partial charge in [-0.15, -0.1) is 0 Å². The highest BCUT2D eigenvalue weighted by Crippen LogP contribution is 2.08. The fraction of sp³-hybridized carbons (Fsp3) is 0.611. The molecule has 0 bridgehead atoms. The molecule has 0 unspecified atom stereocenters. The van der Waals surface area contributed by atoms with E-state index in [-0.39, 0.29) is 5.91 Å². The lowest BCUT2D eigenvalue weighted by Gasteiger charge is -2.06. The van der Waals surface area contributed by atoms with E-state index in [2.05, 4.69) is 17.6 Å². The first-order valence-electron chi connectivity index (χ1n) is 8.38. The minimum atomic E-state index is 0.0285. The van der Waals surface area contributed by atoms with Gasteiger partial charge in [0.15, 0.2) is 0 Å². The Hall–Kier alpha value is -1.35. The molecular weight excluding hydrogens is 260 g/mol. The SMILES string of the molecule is CCCCCCCCCCNCC(=O)Nc1ccccc1. The number of amides is 1. The molecule has 1 rings (SSSR count). The lowest BCUT2D eigenvalue weighted by molar-refractivity contribution is -0.115. The summed E-state index contributed by atoms with van der Waals surface area (Å²) in [6, 6.07) is 9.58. The van der Waals surface area contributed by atoms with Gasteiger partial charge in [-0.2, -0.15) is 0 Å². The van der Waals surface area contributed by atoms with E-state index in [1.807, 2.05) is 30.3 Å². The molecule has 0 aliphatic rings. The zero-order valence-electron chi connectivity index (χ0n) is 13.4. The molecule has 0 saturated heterocycles. The van der Waals surface area contributed by atoms with Crippen LogP contribution in [0, 0.1) is 0 Å². The zero-order chi connectivity index (χ0) is 15.2. The Kier molecular flexibility index (Phi) is 10.4. The second-order valence-electron chi connectivity index (χ2n) is 5.57. The first-order valence-corrected chi connectivity index (χ1v) is 8.38. The van der Waals surface area contributed by atoms with Crippen molar-refractivity contribution in [2.75, 3.05) is 18.4 Å². The van der Waals surface area contributed by atoms with Crippen molar-refractivity contribution in [3.8, 4) is 0 Å². The number of carbonyl (C=O) groups excluding carboxylic acids is 1. The van der Waals surface area contributed by atoms with Crippen LogP contribution in [0.3, 0.4) is 0 Å². The molecule has 3 heteroatoms. The zero-order valence-corrected chi connectivity index (χ0v) is 13.4. The second-order valence-corrected chi connectivity index (χ2v) is 5.57. The van der Waals surface area contributed by atoms with E-state index >= 15 is 0 Å². The van der Waals surface area contributed by atoms with Crippen LogP contribution in [0.25, 0.3) is 0 Å². The van der Waals surface area contributed by atoms with Crippen LogP contribution in [0.4, 0.5) is 5.69 Å². The third kappa shape index (κ3) is 10.1. The molecule has 2 N–H and O–H groups in total. The molecule has 0 atom stereocenters. The van der Waals surface area contributed by atoms with E-state index in [0.29, 0.717) is 6.54 Å². The lowest BCUT2D eigenvalue weighted by atomic mass is 10.1. The van der Waals surface area contributed by atoms with Crippen LogP contribution in [0.15, 0.2) is 30.3 Å². The maximum Gasteiger partial charge on any atom is 0.238 e. The Labute approximate surface area is 129 Å². The highest BCUT2D eigenvalue weighted by atomic mass is 16.1. The molecule has 3 nitrogen and oxygen atoms in total. The van der Waals surface area contributed by atoms with Gasteiger partial charge in [-0.25, -0.2) is 0 Å². The van der Waals surface area contributed by atoms with Crippen LogP contribution in [-0.4, -0.2) is 19.0 Å². The number of benzene rings is 1. The number of carbonyl (C=O) groups is 1. The molecule has 1 aromatic carbocycles. The van der Waals surface area contributed by atoms with E-state index in [9.17, 15) is 4.79 Å². The number of unbranched alkanes of at least 4 members (excludes halogenated alkanes) is 7. The highest BCUT2D eigenvalue weighted by Gasteiger charge is 2.00. The van der Waals surface area contributed by atoms with E-state index in [0.717, 1.165) is 18.7 Å². The van der Waals surface area contributed by atoms with E-state index < -0.39 is 0 Å². The molecule has 0 spiro atoms. The number of hydrogen-bond acceptors (Lipinski definition) is 2. The number of anilines is 1. The van der Waals surface area contributed by atoms with Crippen LogP contribution in [0.1, 0.15) is 58.3 Å². The molecule has 21 heavy (non-hydrogen) atoms. The Morgan fingerprint density at radius 1 is 0.905 bits per heavy atom. The van der Waals surface area contributed by atoms with Gasteiger partial charge in [-0.1, -0.05) is 70.1 Å². The Morgan fingerprint density at radius 3 is 2.19 bits per heavy atom. The number of nitrogens with one attached hydrogen (secondary N) is 2. The molecule has 118 valence electrons. The van der Waals surface area contributed by atoms with Gasteiger partial charge in [0.25, 0.3) is 0 Å². The average Bonchev–Trinajstić information content (AvgIpc) is 2.50. The molecule has 0 fully saturated rings. The third-order valence-corrected chi connectivity index (χ3v) is 3.55. The quantitative estimate of drug-likeness (QED) is 0.562. The molecule has 0 radical (unpaired) electrons. The smallest absolute Gasteiger partial charge is 0.238 e. The van der Waals surface area contributed by atoms with Gasteiger partial charge in [-0.05, 0) is 25.1 Å². The van der Waals surface area contributed by atoms with Gasteiger partial charge in [-0.3, -0.25) is 4.79 Å². The monoisotopic (exact) mass is 290 g/mol. The normalized spacial score (nSPS) is 10.5. The molecule has 1 aromatic rings. The summed E-state index contributed by atoms with van der Waals surface area (Å²) in [5, 5.41) is 6.08. The number of rotatable bonds is 12. The van der Waals surface area contributed by atoms with E-state index in [4.69, 9.17) is 0 Å². The summed E-state index contributed by atoms with van der Waals surface area (Å²) >= 11 is 0. The van der Waals surface area contributed by atoms with Crippen LogP contribution in [-0.2, 0) is 4.79 Å². The summed E-state index contributed by atoms with van der Waals surface area (Å²) < 4.78 is 0. The Balaban J connectivity index is 1.89. The molecule has 0 aromatic heterocycles. The van der Waals surface area contributed by atoms with Gasteiger partial charge in [0.2, 0.25) is 5.91 Å². The maximum atomic E-state index is 11.7. The van der Waals surface area contributed by atoms with Crippen LogP contribution >= 0.6 is 0 Å². The van der Waals surface area contributed by atoms with Crippen LogP contribution in [0.5, 0.6) is 0 Å². The van der Waals surface area contributed by atoms with Gasteiger partial charge in [0.1, 0.15) is 0 Å². The first kappa shape index (κ1) is 17.7. The third-order valence-electron chi connectivity index (χ3n) is 3.55. The van der Waals surface area contributed by atoms with Crippen molar-refractivity contribution in [2.45, 2.75) is 58.3 Å². The fourth-order valence-electron chi connectivity index (χ4n) is 2.31. The molecule has 1 amide bonds. The summed E-state index contributed by atoms with van der Waals surface area (Å²) in [7, 11) is 0. The van der Waals surface area contributed by atoms with E-state index in [1.165, 1.54) is 44.9 Å². The minimum Gasteiger partial charge on any atom is -0.325 e. The first-order chi connectivity index (χ1) is 10.3. The Bertz CT molecular complexity index is 365. The van der Waals surface area contributed by atoms with Crippen molar-refractivity contribution >= 4 is 11.6 Å². The molecule has 0 saturated carbocycles. The summed E-state index contributed by atoms with van der Waals surface area (Å²) in [6.45, 7) is 3.57. The standard InChI is InChI=1S/C18H30N2O/c1-2-3-4-5-6-7-8-12-15-19-16-18(21)20-17-13-10-9-11-14-17/h9-11,13-14,19H,2-8,12,15-16H2,1H3,(H,20,21). The molecule has 0 heterocycles. The van der Waals surface area contributed by atoms with Gasteiger partial charge >= 0.3 is 0 Å². The molecule has 0 aliphatic carbocycles. The maximum absolute atomic E-state index is 11.7. The van der Waals surface area contributed by atoms with Crippen molar-refractivity contribution in [2.24, 2.45) is 0 Å². The molecular formula is C18H30N2O. The lowest BCUT2D eigenvalue weighted by Crippen LogP contribution is -2.28. The van der Waals surface area contributed by atoms with Crippen molar-refractivity contribution in [1.29, 1.82) is 0 Å². The Morgan fingerprint density at radius 2 is 1.52 bits per heavy atom. The van der Waals surface area contributed by atoms with Gasteiger partial charge < -0.3 is 10.6 Å². The van der Waals surface area contributed by atoms with Crippen molar-refractivity contribution in [1.82, 2.24) is 5.32 Å². The van der Waals surface area contributed by atoms with Gasteiger partial charge in [0, 0.05) is 5.69 Å². The average molecular weight is 290 g/mol. The summed E-state index contributed by atoms with van der Waals surface area (Å²) in [5.41, 5.74) is 0.858. The van der Waals surface area contributed by atoms with E-state index in [1.54, 1.807) is 0 Å². The topological polar surface area (TPSA) is 41.1 Å². The number of para-hydroxylation sites is 1. The predicted octanol–water partition coefficient (Wildman–Crippen LogP) is 4.36. The second kappa shape index (κ2) is 12.4. The van der Waals surface area contributed by atoms with Crippen LogP contribution in [0.2, 0.25) is 0 Å². The van der Waals surface area contributed by atoms with Crippen LogP contribution < -0.4 is 10.6 Å². The molecule has 0 aliphatic heterocycles. The van der Waals surface area contributed by atoms with Crippen molar-refractivity contribution in [3.05, 3.63) is 30.3 Å². The number of hydrogen-bond donors (Lipinski definition) is 2. The highest BCUT2D eigenvalue weighted by molar-refractivity contribution is 5.92. The summed E-state index contributed by atoms with van der Waals surface area (Å²) in [6.07, 6.45) is 10.5. The summed E-state index contributed by atoms with van der Waals surface area (Å²) in [5.74, 6) is 0.0285. The van der Waals surface area contributed by atoms with Gasteiger partial charge in [0.05, 0.1) is 6.54 Å². The largest absolute Gasteiger partial charge is 0.325 e. The predicted molar refractivity (Wildman–Crippen MR) is 90.6 cm³/mol. The summed E-state index contributed by atoms with van der Waals surface area (Å²) in [4.78, 5) is 11.7.